The van der Waals surface area contributed by atoms with Crippen molar-refractivity contribution in [2.45, 2.75) is 31.2 Å². The van der Waals surface area contributed by atoms with Gasteiger partial charge >= 0.3 is 0 Å². The number of halogens is 1. The molecule has 0 radical (unpaired) electrons. The van der Waals surface area contributed by atoms with Crippen LogP contribution in [-0.4, -0.2) is 37.2 Å². The van der Waals surface area contributed by atoms with Crippen LogP contribution in [0.5, 0.6) is 0 Å². The van der Waals surface area contributed by atoms with Gasteiger partial charge in [0.25, 0.3) is 5.91 Å². The molecule has 1 aliphatic rings. The summed E-state index contributed by atoms with van der Waals surface area (Å²) in [5.74, 6) is -0.738. The average molecular weight is 547 g/mol. The van der Waals surface area contributed by atoms with Gasteiger partial charge in [-0.1, -0.05) is 34.1 Å². The van der Waals surface area contributed by atoms with Gasteiger partial charge in [-0.25, -0.2) is 4.98 Å². The van der Waals surface area contributed by atoms with Crippen LogP contribution in [-0.2, 0) is 25.3 Å². The van der Waals surface area contributed by atoms with Crippen molar-refractivity contribution in [2.24, 2.45) is 14.1 Å². The number of hydrogen-bond donors (Lipinski definition) is 2. The fourth-order valence-electron chi connectivity index (χ4n) is 4.89. The van der Waals surface area contributed by atoms with Gasteiger partial charge in [0, 0.05) is 36.4 Å². The van der Waals surface area contributed by atoms with Gasteiger partial charge in [-0.05, 0) is 66.3 Å². The minimum atomic E-state index is -0.752. The first-order valence-electron chi connectivity index (χ1n) is 11.9. The van der Waals surface area contributed by atoms with Crippen molar-refractivity contribution in [3.05, 3.63) is 88.5 Å². The van der Waals surface area contributed by atoms with Gasteiger partial charge in [-0.2, -0.15) is 5.10 Å². The normalized spacial score (nSPS) is 15.7. The summed E-state index contributed by atoms with van der Waals surface area (Å²) in [6.45, 7) is 0. The van der Waals surface area contributed by atoms with E-state index in [1.165, 1.54) is 10.2 Å². The Balaban J connectivity index is 1.43. The van der Waals surface area contributed by atoms with E-state index in [-0.39, 0.29) is 17.7 Å². The number of anilines is 1. The molecule has 0 spiro atoms. The average Bonchev–Trinajstić information content (AvgIpc) is 3.50. The molecule has 0 saturated heterocycles. The molecule has 5 rings (SSSR count). The molecule has 0 fully saturated rings. The molecule has 36 heavy (non-hydrogen) atoms. The lowest BCUT2D eigenvalue weighted by Gasteiger charge is -2.32. The Morgan fingerprint density at radius 1 is 1.11 bits per heavy atom. The van der Waals surface area contributed by atoms with Gasteiger partial charge in [0.05, 0.1) is 18.2 Å². The lowest BCUT2D eigenvalue weighted by Crippen LogP contribution is -2.48. The minimum absolute atomic E-state index is 0.155. The number of hydrogen-bond acceptors (Lipinski definition) is 4. The number of rotatable bonds is 6. The lowest BCUT2D eigenvalue weighted by atomic mass is 9.78. The molecule has 2 aromatic heterocycles. The number of benzene rings is 2. The van der Waals surface area contributed by atoms with Crippen molar-refractivity contribution in [3.8, 4) is 11.3 Å². The Bertz CT molecular complexity index is 1410. The molecule has 0 bridgehead atoms. The summed E-state index contributed by atoms with van der Waals surface area (Å²) in [5.41, 5.74) is 5.35. The summed E-state index contributed by atoms with van der Waals surface area (Å²) in [6, 6.07) is 14.7. The molecule has 0 saturated carbocycles. The van der Waals surface area contributed by atoms with Crippen LogP contribution < -0.4 is 10.6 Å². The highest BCUT2D eigenvalue weighted by Gasteiger charge is 2.35. The zero-order valence-corrected chi connectivity index (χ0v) is 21.7. The van der Waals surface area contributed by atoms with Crippen LogP contribution in [0.1, 0.15) is 40.4 Å². The highest BCUT2D eigenvalue weighted by Crippen LogP contribution is 2.36. The third-order valence-electron chi connectivity index (χ3n) is 6.76. The smallest absolute Gasteiger partial charge is 0.270 e. The van der Waals surface area contributed by atoms with E-state index < -0.39 is 6.04 Å². The van der Waals surface area contributed by atoms with Gasteiger partial charge in [0.1, 0.15) is 11.7 Å². The number of amides is 2. The summed E-state index contributed by atoms with van der Waals surface area (Å²) >= 11 is 3.57. The molecule has 1 unspecified atom stereocenters. The van der Waals surface area contributed by atoms with E-state index in [4.69, 9.17) is 0 Å². The number of nitrogens with zero attached hydrogens (tertiary/aromatic N) is 4. The van der Waals surface area contributed by atoms with Gasteiger partial charge in [0.2, 0.25) is 5.91 Å². The van der Waals surface area contributed by atoms with Crippen molar-refractivity contribution < 1.29 is 9.59 Å². The van der Waals surface area contributed by atoms with E-state index in [0.717, 1.165) is 40.6 Å². The first kappa shape index (κ1) is 24.0. The second kappa shape index (κ2) is 10.1. The summed E-state index contributed by atoms with van der Waals surface area (Å²) in [7, 11) is 3.65. The van der Waals surface area contributed by atoms with Gasteiger partial charge in [0.15, 0.2) is 0 Å². The van der Waals surface area contributed by atoms with Gasteiger partial charge in [-0.15, -0.1) is 0 Å². The standard InChI is InChI=1S/C27H27BrN6O2/c1-33-16-29-15-24(33)18-7-10-20(11-8-18)31-27(36)25(32-26(35)23-12-13-30-34(23)2)21-5-3-4-17-6-9-19(28)14-22(17)21/h6-16,21,25H,3-5H2,1-2H3,(H,31,36)(H,32,35)/t21-,25?/m1/s1. The molecule has 2 heterocycles. The third kappa shape index (κ3) is 4.83. The monoisotopic (exact) mass is 546 g/mol. The Kier molecular flexibility index (Phi) is 6.73. The molecular formula is C27H27BrN6O2. The second-order valence-electron chi connectivity index (χ2n) is 9.09. The second-order valence-corrected chi connectivity index (χ2v) is 10.0. The van der Waals surface area contributed by atoms with Crippen LogP contribution in [0.4, 0.5) is 5.69 Å². The quantitative estimate of drug-likeness (QED) is 0.373. The van der Waals surface area contributed by atoms with Crippen molar-refractivity contribution in [2.75, 3.05) is 5.32 Å². The Morgan fingerprint density at radius 3 is 2.61 bits per heavy atom. The van der Waals surface area contributed by atoms with Crippen molar-refractivity contribution in [1.82, 2.24) is 24.6 Å². The highest BCUT2D eigenvalue weighted by atomic mass is 79.9. The zero-order chi connectivity index (χ0) is 25.2. The van der Waals surface area contributed by atoms with E-state index in [1.807, 2.05) is 41.9 Å². The summed E-state index contributed by atoms with van der Waals surface area (Å²) in [4.78, 5) is 31.0. The number of carbonyl (C=O) groups is 2. The summed E-state index contributed by atoms with van der Waals surface area (Å²) in [6.07, 6.45) is 7.83. The number of carbonyl (C=O) groups excluding carboxylic acids is 2. The van der Waals surface area contributed by atoms with Crippen LogP contribution in [0, 0.1) is 0 Å². The van der Waals surface area contributed by atoms with Gasteiger partial charge in [-0.3, -0.25) is 14.3 Å². The van der Waals surface area contributed by atoms with Crippen LogP contribution in [0.25, 0.3) is 11.3 Å². The summed E-state index contributed by atoms with van der Waals surface area (Å²) in [5, 5.41) is 10.1. The molecular weight excluding hydrogens is 520 g/mol. The molecule has 1 aliphatic carbocycles. The maximum Gasteiger partial charge on any atom is 0.270 e. The Morgan fingerprint density at radius 2 is 1.92 bits per heavy atom. The van der Waals surface area contributed by atoms with Gasteiger partial charge < -0.3 is 15.2 Å². The minimum Gasteiger partial charge on any atom is -0.338 e. The molecule has 0 aliphatic heterocycles. The molecule has 2 atom stereocenters. The first-order chi connectivity index (χ1) is 17.4. The van der Waals surface area contributed by atoms with Crippen molar-refractivity contribution in [1.29, 1.82) is 0 Å². The predicted octanol–water partition coefficient (Wildman–Crippen LogP) is 4.44. The molecule has 4 aromatic rings. The Hall–Kier alpha value is -3.72. The van der Waals surface area contributed by atoms with E-state index in [0.29, 0.717) is 11.4 Å². The number of fused-ring (bicyclic) bond motifs is 1. The molecule has 184 valence electrons. The number of aryl methyl sites for hydroxylation is 3. The number of nitrogens with one attached hydrogen (secondary N) is 2. The van der Waals surface area contributed by atoms with E-state index in [9.17, 15) is 9.59 Å². The van der Waals surface area contributed by atoms with Crippen LogP contribution in [0.3, 0.4) is 0 Å². The maximum absolute atomic E-state index is 13.7. The van der Waals surface area contributed by atoms with E-state index >= 15 is 0 Å². The predicted molar refractivity (Wildman–Crippen MR) is 142 cm³/mol. The molecule has 2 N–H and O–H groups in total. The highest BCUT2D eigenvalue weighted by molar-refractivity contribution is 9.10. The lowest BCUT2D eigenvalue weighted by molar-refractivity contribution is -0.118. The van der Waals surface area contributed by atoms with Crippen molar-refractivity contribution >= 4 is 33.4 Å². The fraction of sp³-hybridized carbons (Fsp3) is 0.259. The first-order valence-corrected chi connectivity index (χ1v) is 12.6. The largest absolute Gasteiger partial charge is 0.338 e. The Labute approximate surface area is 217 Å². The molecule has 2 aromatic carbocycles. The van der Waals surface area contributed by atoms with E-state index in [1.54, 1.807) is 31.8 Å². The topological polar surface area (TPSA) is 93.8 Å². The zero-order valence-electron chi connectivity index (χ0n) is 20.1. The van der Waals surface area contributed by atoms with Crippen LogP contribution in [0.15, 0.2) is 71.7 Å². The van der Waals surface area contributed by atoms with Crippen LogP contribution in [0.2, 0.25) is 0 Å². The fourth-order valence-corrected chi connectivity index (χ4v) is 5.27. The third-order valence-corrected chi connectivity index (χ3v) is 7.25. The van der Waals surface area contributed by atoms with Crippen molar-refractivity contribution in [3.63, 3.8) is 0 Å². The number of aromatic nitrogens is 4. The SMILES string of the molecule is Cn1cncc1-c1ccc(NC(=O)C(NC(=O)c2ccnn2C)[C@@H]2CCCc3ccc(Br)cc32)cc1. The number of imidazole rings is 1. The van der Waals surface area contributed by atoms with E-state index in [2.05, 4.69) is 48.8 Å². The molecule has 9 heteroatoms. The van der Waals surface area contributed by atoms with Crippen LogP contribution >= 0.6 is 15.9 Å². The molecule has 8 nitrogen and oxygen atoms in total. The summed E-state index contributed by atoms with van der Waals surface area (Å²) < 4.78 is 4.40. The maximum atomic E-state index is 13.7. The molecule has 2 amide bonds.